The van der Waals surface area contributed by atoms with Gasteiger partial charge in [0, 0.05) is 29.1 Å². The maximum Gasteiger partial charge on any atom is 0.411 e. The number of amides is 3. The Hall–Kier alpha value is -2.29. The zero-order valence-electron chi connectivity index (χ0n) is 15.9. The van der Waals surface area contributed by atoms with E-state index in [1.54, 1.807) is 0 Å². The van der Waals surface area contributed by atoms with Crippen molar-refractivity contribution in [1.29, 1.82) is 0 Å². The number of carbonyl (C=O) groups is 2. The Morgan fingerprint density at radius 3 is 2.59 bits per heavy atom. The van der Waals surface area contributed by atoms with Crippen molar-refractivity contribution in [2.75, 3.05) is 18.4 Å². The maximum atomic E-state index is 12.7. The predicted molar refractivity (Wildman–Crippen MR) is 118 cm³/mol. The second kappa shape index (κ2) is 7.51. The molecule has 0 spiro atoms. The fraction of sp³-hybridized carbons (Fsp3) is 0.364. The zero-order chi connectivity index (χ0) is 20.0. The number of hydrogen-bond donors (Lipinski definition) is 1. The van der Waals surface area contributed by atoms with Gasteiger partial charge >= 0.3 is 12.1 Å². The minimum atomic E-state index is -0.212. The van der Waals surface area contributed by atoms with Crippen molar-refractivity contribution in [2.45, 2.75) is 37.5 Å². The molecule has 0 aromatic heterocycles. The van der Waals surface area contributed by atoms with Gasteiger partial charge in [0.1, 0.15) is 6.10 Å². The number of piperidine rings is 1. The highest BCUT2D eigenvalue weighted by Crippen LogP contribution is 2.44. The molecule has 2 fully saturated rings. The van der Waals surface area contributed by atoms with Gasteiger partial charge in [-0.3, -0.25) is 4.90 Å². The van der Waals surface area contributed by atoms with Crippen molar-refractivity contribution >= 4 is 40.4 Å². The number of fused-ring (bicyclic) bond motifs is 3. The number of rotatable bonds is 2. The Kier molecular flexibility index (Phi) is 4.85. The van der Waals surface area contributed by atoms with Gasteiger partial charge in [-0.2, -0.15) is 0 Å². The van der Waals surface area contributed by atoms with Gasteiger partial charge in [-0.1, -0.05) is 36.4 Å². The highest BCUT2D eigenvalue weighted by Gasteiger charge is 2.50. The first-order valence-electron chi connectivity index (χ1n) is 9.99. The van der Waals surface area contributed by atoms with Crippen LogP contribution in [0.5, 0.6) is 0 Å². The molecule has 3 amide bonds. The molecule has 2 aromatic carbocycles. The number of halogens is 1. The topological polar surface area (TPSA) is 61.9 Å². The van der Waals surface area contributed by atoms with Crippen LogP contribution < -0.4 is 5.32 Å². The largest absolute Gasteiger partial charge is 0.443 e. The number of nitrogens with zero attached hydrogens (tertiary/aromatic N) is 2. The molecule has 7 heteroatoms. The Morgan fingerprint density at radius 2 is 1.79 bits per heavy atom. The third-order valence-electron chi connectivity index (χ3n) is 6.17. The Morgan fingerprint density at radius 1 is 1.07 bits per heavy atom. The molecule has 1 N–H and O–H groups in total. The van der Waals surface area contributed by atoms with Gasteiger partial charge in [0.15, 0.2) is 0 Å². The molecule has 1 aliphatic carbocycles. The van der Waals surface area contributed by atoms with E-state index in [4.69, 9.17) is 4.74 Å². The molecule has 2 unspecified atom stereocenters. The summed E-state index contributed by atoms with van der Waals surface area (Å²) in [5.74, 6) is 0. The van der Waals surface area contributed by atoms with Crippen molar-refractivity contribution < 1.29 is 14.3 Å². The highest BCUT2D eigenvalue weighted by atomic mass is 127. The number of ether oxygens (including phenoxy) is 1. The van der Waals surface area contributed by atoms with Gasteiger partial charge < -0.3 is 15.0 Å². The standard InChI is InChI=1S/C22H22IN3O3/c23-17-7-3-4-8-18(17)24-21(27)25-11-9-15(10-12-25)26-20-16-6-2-1-5-14(16)13-19(20)29-22(26)28/h1-8,15,19-20H,9-13H2,(H,24,27). The summed E-state index contributed by atoms with van der Waals surface area (Å²) in [7, 11) is 0. The second-order valence-electron chi connectivity index (χ2n) is 7.81. The lowest BCUT2D eigenvalue weighted by Crippen LogP contribution is -2.48. The van der Waals surface area contributed by atoms with Gasteiger partial charge in [0.05, 0.1) is 11.7 Å². The highest BCUT2D eigenvalue weighted by molar-refractivity contribution is 14.1. The number of nitrogens with one attached hydrogen (secondary N) is 1. The van der Waals surface area contributed by atoms with Gasteiger partial charge in [-0.25, -0.2) is 9.59 Å². The number of para-hydroxylation sites is 1. The van der Waals surface area contributed by atoms with Crippen LogP contribution in [0, 0.1) is 3.57 Å². The molecule has 2 heterocycles. The average molecular weight is 503 g/mol. The van der Waals surface area contributed by atoms with Crippen molar-refractivity contribution in [3.63, 3.8) is 0 Å². The minimum Gasteiger partial charge on any atom is -0.443 e. The Bertz CT molecular complexity index is 958. The van der Waals surface area contributed by atoms with E-state index < -0.39 is 0 Å². The van der Waals surface area contributed by atoms with Crippen LogP contribution in [0.2, 0.25) is 0 Å². The van der Waals surface area contributed by atoms with Crippen LogP contribution in [0.3, 0.4) is 0 Å². The molecule has 0 bridgehead atoms. The van der Waals surface area contributed by atoms with E-state index in [-0.39, 0.29) is 30.3 Å². The third kappa shape index (κ3) is 3.35. The number of urea groups is 1. The van der Waals surface area contributed by atoms with Crippen LogP contribution in [-0.2, 0) is 11.2 Å². The first kappa shape index (κ1) is 18.7. The van der Waals surface area contributed by atoms with E-state index in [0.29, 0.717) is 13.1 Å². The minimum absolute atomic E-state index is 0.00924. The summed E-state index contributed by atoms with van der Waals surface area (Å²) in [6.45, 7) is 1.26. The van der Waals surface area contributed by atoms with E-state index in [0.717, 1.165) is 28.5 Å². The molecule has 2 atom stereocenters. The van der Waals surface area contributed by atoms with Crippen LogP contribution in [0.4, 0.5) is 15.3 Å². The summed E-state index contributed by atoms with van der Waals surface area (Å²) in [5.41, 5.74) is 3.31. The Balaban J connectivity index is 1.25. The molecular weight excluding hydrogens is 481 g/mol. The Labute approximate surface area is 183 Å². The fourth-order valence-corrected chi connectivity index (χ4v) is 5.28. The summed E-state index contributed by atoms with van der Waals surface area (Å²) < 4.78 is 6.71. The number of carbonyl (C=O) groups excluding carboxylic acids is 2. The summed E-state index contributed by atoms with van der Waals surface area (Å²) >= 11 is 2.22. The van der Waals surface area contributed by atoms with Gasteiger partial charge in [-0.15, -0.1) is 0 Å². The summed E-state index contributed by atoms with van der Waals surface area (Å²) in [6, 6.07) is 16.1. The molecule has 3 aliphatic rings. The first-order valence-corrected chi connectivity index (χ1v) is 11.1. The molecule has 0 saturated carbocycles. The molecule has 5 rings (SSSR count). The first-order chi connectivity index (χ1) is 14.1. The van der Waals surface area contributed by atoms with Crippen LogP contribution in [-0.4, -0.2) is 47.2 Å². The monoisotopic (exact) mass is 503 g/mol. The van der Waals surface area contributed by atoms with Gasteiger partial charge in [-0.05, 0) is 58.7 Å². The van der Waals surface area contributed by atoms with E-state index in [2.05, 4.69) is 40.0 Å². The summed E-state index contributed by atoms with van der Waals surface area (Å²) in [4.78, 5) is 29.0. The second-order valence-corrected chi connectivity index (χ2v) is 8.97. The van der Waals surface area contributed by atoms with E-state index in [1.807, 2.05) is 46.2 Å². The molecule has 6 nitrogen and oxygen atoms in total. The normalized spacial score (nSPS) is 23.6. The van der Waals surface area contributed by atoms with Crippen molar-refractivity contribution in [1.82, 2.24) is 9.80 Å². The van der Waals surface area contributed by atoms with Crippen molar-refractivity contribution in [3.05, 3.63) is 63.2 Å². The molecule has 29 heavy (non-hydrogen) atoms. The number of likely N-dealkylation sites (tertiary alicyclic amines) is 1. The molecular formula is C22H22IN3O3. The summed E-state index contributed by atoms with van der Waals surface area (Å²) in [5, 5.41) is 3.00. The average Bonchev–Trinajstić information content (AvgIpc) is 3.24. The molecule has 2 aliphatic heterocycles. The number of anilines is 1. The fourth-order valence-electron chi connectivity index (χ4n) is 4.76. The van der Waals surface area contributed by atoms with E-state index in [1.165, 1.54) is 11.1 Å². The summed E-state index contributed by atoms with van der Waals surface area (Å²) in [6.07, 6.45) is 2.03. The molecule has 0 radical (unpaired) electrons. The van der Waals surface area contributed by atoms with Gasteiger partial charge in [0.2, 0.25) is 0 Å². The smallest absolute Gasteiger partial charge is 0.411 e. The lowest BCUT2D eigenvalue weighted by molar-refractivity contribution is 0.113. The lowest BCUT2D eigenvalue weighted by Gasteiger charge is -2.37. The molecule has 150 valence electrons. The third-order valence-corrected chi connectivity index (χ3v) is 7.11. The van der Waals surface area contributed by atoms with Crippen LogP contribution >= 0.6 is 22.6 Å². The number of hydrogen-bond acceptors (Lipinski definition) is 3. The molecule has 2 aromatic rings. The zero-order valence-corrected chi connectivity index (χ0v) is 18.0. The van der Waals surface area contributed by atoms with Crippen LogP contribution in [0.15, 0.2) is 48.5 Å². The van der Waals surface area contributed by atoms with Crippen LogP contribution in [0.25, 0.3) is 0 Å². The quantitative estimate of drug-likeness (QED) is 0.618. The predicted octanol–water partition coefficient (Wildman–Crippen LogP) is 4.41. The van der Waals surface area contributed by atoms with Gasteiger partial charge in [0.25, 0.3) is 0 Å². The maximum absolute atomic E-state index is 12.7. The van der Waals surface area contributed by atoms with E-state index in [9.17, 15) is 9.59 Å². The van der Waals surface area contributed by atoms with E-state index >= 15 is 0 Å². The number of benzene rings is 2. The van der Waals surface area contributed by atoms with Crippen molar-refractivity contribution in [2.24, 2.45) is 0 Å². The van der Waals surface area contributed by atoms with Crippen LogP contribution in [0.1, 0.15) is 30.0 Å². The van der Waals surface area contributed by atoms with Crippen molar-refractivity contribution in [3.8, 4) is 0 Å². The SMILES string of the molecule is O=C(Nc1ccccc1I)N1CCC(N2C(=O)OC3Cc4ccccc4C32)CC1. The molecule has 2 saturated heterocycles. The lowest BCUT2D eigenvalue weighted by atomic mass is 9.99.